The Morgan fingerprint density at radius 2 is 1.70 bits per heavy atom. The maximum absolute atomic E-state index is 12.9. The Bertz CT molecular complexity index is 1030. The highest BCUT2D eigenvalue weighted by Crippen LogP contribution is 2.24. The molecular weight excluding hydrogens is 410 g/mol. The first-order valence-electron chi connectivity index (χ1n) is 11.7. The molecule has 1 heterocycles. The van der Waals surface area contributed by atoms with Gasteiger partial charge < -0.3 is 15.4 Å². The van der Waals surface area contributed by atoms with E-state index in [1.807, 2.05) is 55.5 Å². The number of likely N-dealkylation sites (tertiary alicyclic amines) is 1. The highest BCUT2D eigenvalue weighted by Gasteiger charge is 2.23. The molecule has 3 aromatic rings. The van der Waals surface area contributed by atoms with E-state index in [-0.39, 0.29) is 17.9 Å². The third kappa shape index (κ3) is 6.36. The average Bonchev–Trinajstić information content (AvgIpc) is 2.86. The van der Waals surface area contributed by atoms with Crippen LogP contribution < -0.4 is 15.4 Å². The zero-order valence-electron chi connectivity index (χ0n) is 19.5. The molecule has 4 rings (SSSR count). The number of hydrogen-bond acceptors (Lipinski definition) is 4. The van der Waals surface area contributed by atoms with Gasteiger partial charge in [0.05, 0.1) is 13.0 Å². The number of piperidine rings is 1. The van der Waals surface area contributed by atoms with E-state index in [0.717, 1.165) is 55.2 Å². The van der Waals surface area contributed by atoms with Crippen LogP contribution in [-0.2, 0) is 11.3 Å². The Balaban J connectivity index is 1.26. The van der Waals surface area contributed by atoms with Gasteiger partial charge in [0.25, 0.3) is 0 Å². The van der Waals surface area contributed by atoms with Crippen molar-refractivity contribution in [1.82, 2.24) is 10.2 Å². The van der Waals surface area contributed by atoms with Gasteiger partial charge in [-0.3, -0.25) is 9.69 Å². The first kappa shape index (κ1) is 22.9. The SMILES string of the molecule is COc1cccc(Nc2ccc(C(C)C(=O)NC3CCN(Cc4ccccc4)CC3)cc2)c1. The fraction of sp³-hybridized carbons (Fsp3) is 0.321. The van der Waals surface area contributed by atoms with Crippen LogP contribution in [0.15, 0.2) is 78.9 Å². The summed E-state index contributed by atoms with van der Waals surface area (Å²) < 4.78 is 5.28. The van der Waals surface area contributed by atoms with E-state index in [0.29, 0.717) is 0 Å². The van der Waals surface area contributed by atoms with Gasteiger partial charge in [-0.05, 0) is 55.2 Å². The van der Waals surface area contributed by atoms with Gasteiger partial charge in [-0.25, -0.2) is 0 Å². The summed E-state index contributed by atoms with van der Waals surface area (Å²) in [7, 11) is 1.66. The summed E-state index contributed by atoms with van der Waals surface area (Å²) in [6, 6.07) is 26.7. The van der Waals surface area contributed by atoms with Crippen molar-refractivity contribution in [1.29, 1.82) is 0 Å². The molecule has 0 bridgehead atoms. The van der Waals surface area contributed by atoms with E-state index in [2.05, 4.69) is 45.9 Å². The minimum absolute atomic E-state index is 0.102. The normalized spacial score (nSPS) is 15.6. The molecule has 1 amide bonds. The maximum Gasteiger partial charge on any atom is 0.227 e. The zero-order chi connectivity index (χ0) is 23.0. The van der Waals surface area contributed by atoms with Crippen LogP contribution >= 0.6 is 0 Å². The van der Waals surface area contributed by atoms with Crippen LogP contribution in [0.25, 0.3) is 0 Å². The number of nitrogens with zero attached hydrogens (tertiary/aromatic N) is 1. The lowest BCUT2D eigenvalue weighted by Gasteiger charge is -2.33. The van der Waals surface area contributed by atoms with Gasteiger partial charge in [-0.15, -0.1) is 0 Å². The van der Waals surface area contributed by atoms with E-state index in [1.54, 1.807) is 7.11 Å². The molecule has 1 saturated heterocycles. The Morgan fingerprint density at radius 3 is 2.39 bits per heavy atom. The third-order valence-electron chi connectivity index (χ3n) is 6.35. The van der Waals surface area contributed by atoms with Crippen molar-refractivity contribution in [3.63, 3.8) is 0 Å². The molecule has 0 aliphatic carbocycles. The molecule has 172 valence electrons. The fourth-order valence-electron chi connectivity index (χ4n) is 4.28. The highest BCUT2D eigenvalue weighted by molar-refractivity contribution is 5.83. The summed E-state index contributed by atoms with van der Waals surface area (Å²) in [6.45, 7) is 4.98. The van der Waals surface area contributed by atoms with Gasteiger partial charge in [0, 0.05) is 43.1 Å². The number of anilines is 2. The number of amides is 1. The molecule has 5 nitrogen and oxygen atoms in total. The molecule has 1 atom stereocenters. The molecule has 1 fully saturated rings. The Hall–Kier alpha value is -3.31. The van der Waals surface area contributed by atoms with E-state index < -0.39 is 0 Å². The van der Waals surface area contributed by atoms with Crippen LogP contribution in [0.2, 0.25) is 0 Å². The largest absolute Gasteiger partial charge is 0.497 e. The predicted molar refractivity (Wildman–Crippen MR) is 134 cm³/mol. The lowest BCUT2D eigenvalue weighted by atomic mass is 9.98. The second-order valence-corrected chi connectivity index (χ2v) is 8.75. The summed E-state index contributed by atoms with van der Waals surface area (Å²) in [6.07, 6.45) is 1.99. The molecule has 1 aliphatic rings. The standard InChI is InChI=1S/C28H33N3O2/c1-21(23-11-13-24(14-12-23)29-26-9-6-10-27(19-26)33-2)28(32)30-25-15-17-31(18-16-25)20-22-7-4-3-5-8-22/h3-14,19,21,25,29H,15-18,20H2,1-2H3,(H,30,32). The summed E-state index contributed by atoms with van der Waals surface area (Å²) in [5, 5.41) is 6.65. The molecule has 0 aromatic heterocycles. The lowest BCUT2D eigenvalue weighted by molar-refractivity contribution is -0.123. The van der Waals surface area contributed by atoms with Gasteiger partial charge in [0.2, 0.25) is 5.91 Å². The van der Waals surface area contributed by atoms with Crippen LogP contribution in [0, 0.1) is 0 Å². The van der Waals surface area contributed by atoms with Gasteiger partial charge in [-0.1, -0.05) is 48.5 Å². The Morgan fingerprint density at radius 1 is 0.970 bits per heavy atom. The van der Waals surface area contributed by atoms with Crippen LogP contribution in [0.5, 0.6) is 5.75 Å². The number of ether oxygens (including phenoxy) is 1. The molecule has 1 aliphatic heterocycles. The second kappa shape index (κ2) is 11.0. The van der Waals surface area contributed by atoms with Crippen molar-refractivity contribution >= 4 is 17.3 Å². The van der Waals surface area contributed by atoms with Crippen molar-refractivity contribution in [3.8, 4) is 5.75 Å². The quantitative estimate of drug-likeness (QED) is 0.495. The Kier molecular flexibility index (Phi) is 7.63. The molecule has 0 spiro atoms. The number of carbonyl (C=O) groups is 1. The summed E-state index contributed by atoms with van der Waals surface area (Å²) in [5.74, 6) is 0.732. The van der Waals surface area contributed by atoms with E-state index in [1.165, 1.54) is 5.56 Å². The van der Waals surface area contributed by atoms with Crippen molar-refractivity contribution < 1.29 is 9.53 Å². The van der Waals surface area contributed by atoms with Crippen LogP contribution in [0.3, 0.4) is 0 Å². The average molecular weight is 444 g/mol. The molecule has 5 heteroatoms. The van der Waals surface area contributed by atoms with Crippen LogP contribution in [-0.4, -0.2) is 37.0 Å². The van der Waals surface area contributed by atoms with E-state index in [4.69, 9.17) is 4.74 Å². The number of methoxy groups -OCH3 is 1. The molecule has 0 radical (unpaired) electrons. The number of rotatable bonds is 8. The minimum Gasteiger partial charge on any atom is -0.497 e. The van der Waals surface area contributed by atoms with Crippen molar-refractivity contribution in [2.45, 2.75) is 38.3 Å². The number of hydrogen-bond donors (Lipinski definition) is 2. The number of carbonyl (C=O) groups excluding carboxylic acids is 1. The topological polar surface area (TPSA) is 53.6 Å². The fourth-order valence-corrected chi connectivity index (χ4v) is 4.28. The van der Waals surface area contributed by atoms with Gasteiger partial charge in [0.1, 0.15) is 5.75 Å². The molecule has 33 heavy (non-hydrogen) atoms. The van der Waals surface area contributed by atoms with Gasteiger partial charge >= 0.3 is 0 Å². The lowest BCUT2D eigenvalue weighted by Crippen LogP contribution is -2.45. The zero-order valence-corrected chi connectivity index (χ0v) is 19.5. The maximum atomic E-state index is 12.9. The van der Waals surface area contributed by atoms with Gasteiger partial charge in [0.15, 0.2) is 0 Å². The van der Waals surface area contributed by atoms with Gasteiger partial charge in [-0.2, -0.15) is 0 Å². The summed E-state index contributed by atoms with van der Waals surface area (Å²) in [5.41, 5.74) is 4.31. The van der Waals surface area contributed by atoms with Crippen molar-refractivity contribution in [3.05, 3.63) is 90.0 Å². The molecular formula is C28H33N3O2. The van der Waals surface area contributed by atoms with Crippen molar-refractivity contribution in [2.24, 2.45) is 0 Å². The third-order valence-corrected chi connectivity index (χ3v) is 6.35. The second-order valence-electron chi connectivity index (χ2n) is 8.75. The number of benzene rings is 3. The van der Waals surface area contributed by atoms with E-state index >= 15 is 0 Å². The Labute approximate surface area is 196 Å². The highest BCUT2D eigenvalue weighted by atomic mass is 16.5. The molecule has 3 aromatic carbocycles. The smallest absolute Gasteiger partial charge is 0.227 e. The number of nitrogens with one attached hydrogen (secondary N) is 2. The molecule has 0 saturated carbocycles. The minimum atomic E-state index is -0.182. The van der Waals surface area contributed by atoms with Crippen LogP contribution in [0.4, 0.5) is 11.4 Å². The first-order chi connectivity index (χ1) is 16.1. The predicted octanol–water partition coefficient (Wildman–Crippen LogP) is 5.32. The molecule has 2 N–H and O–H groups in total. The van der Waals surface area contributed by atoms with Crippen molar-refractivity contribution in [2.75, 3.05) is 25.5 Å². The summed E-state index contributed by atoms with van der Waals surface area (Å²) >= 11 is 0. The van der Waals surface area contributed by atoms with E-state index in [9.17, 15) is 4.79 Å². The van der Waals surface area contributed by atoms with Crippen LogP contribution in [0.1, 0.15) is 36.8 Å². The molecule has 1 unspecified atom stereocenters. The monoisotopic (exact) mass is 443 g/mol. The first-order valence-corrected chi connectivity index (χ1v) is 11.7. The summed E-state index contributed by atoms with van der Waals surface area (Å²) in [4.78, 5) is 15.3.